The lowest BCUT2D eigenvalue weighted by Crippen LogP contribution is -2.50. The fourth-order valence-corrected chi connectivity index (χ4v) is 4.64. The van der Waals surface area contributed by atoms with E-state index in [1.807, 2.05) is 38.4 Å². The number of pyridine rings is 1. The zero-order valence-corrected chi connectivity index (χ0v) is 20.4. The van der Waals surface area contributed by atoms with Crippen molar-refractivity contribution in [3.63, 3.8) is 0 Å². The highest BCUT2D eigenvalue weighted by atomic mass is 32.2. The van der Waals surface area contributed by atoms with E-state index in [4.69, 9.17) is 5.21 Å². The summed E-state index contributed by atoms with van der Waals surface area (Å²) in [5.74, 6) is -1.64. The first-order chi connectivity index (χ1) is 15.9. The van der Waals surface area contributed by atoms with Crippen LogP contribution in [-0.4, -0.2) is 54.1 Å². The number of hydroxylamine groups is 1. The van der Waals surface area contributed by atoms with Crippen LogP contribution in [0.1, 0.15) is 18.9 Å². The summed E-state index contributed by atoms with van der Waals surface area (Å²) in [6, 6.07) is 12.8. The predicted octanol–water partition coefficient (Wildman–Crippen LogP) is 1.82. The number of hydrogen-bond acceptors (Lipinski definition) is 5. The molecule has 2 aromatic carbocycles. The Morgan fingerprint density at radius 2 is 1.74 bits per heavy atom. The van der Waals surface area contributed by atoms with Gasteiger partial charge in [0.25, 0.3) is 5.56 Å². The molecule has 0 bridgehead atoms. The summed E-state index contributed by atoms with van der Waals surface area (Å²) in [6.45, 7) is 1.77. The van der Waals surface area contributed by atoms with Crippen LogP contribution in [0.2, 0.25) is 0 Å². The van der Waals surface area contributed by atoms with Crippen LogP contribution in [-0.2, 0) is 27.7 Å². The molecule has 3 aromatic rings. The van der Waals surface area contributed by atoms with Gasteiger partial charge in [0.05, 0.1) is 5.39 Å². The summed E-state index contributed by atoms with van der Waals surface area (Å²) >= 11 is 0. The largest absolute Gasteiger partial charge is 0.312 e. The molecule has 3 N–H and O–H groups in total. The Hall–Kier alpha value is -3.08. The van der Waals surface area contributed by atoms with Crippen LogP contribution in [0.3, 0.4) is 0 Å². The zero-order chi connectivity index (χ0) is 25.3. The Labute approximate surface area is 197 Å². The van der Waals surface area contributed by atoms with Gasteiger partial charge in [-0.15, -0.1) is 5.48 Å². The number of carbonyl (C=O) groups is 1. The second kappa shape index (κ2) is 9.65. The van der Waals surface area contributed by atoms with E-state index in [0.29, 0.717) is 0 Å². The van der Waals surface area contributed by atoms with Crippen molar-refractivity contribution >= 4 is 26.5 Å². The number of hydrogen-bond donors (Lipinski definition) is 1. The van der Waals surface area contributed by atoms with Crippen molar-refractivity contribution in [2.24, 2.45) is 0 Å². The molecule has 0 saturated carbocycles. The average Bonchev–Trinajstić information content (AvgIpc) is 2.78. The van der Waals surface area contributed by atoms with E-state index in [1.54, 1.807) is 23.7 Å². The minimum Gasteiger partial charge on any atom is -0.312 e. The SMILES string of the molecule is CN(C)Cc1ccc(-c2ccc3c(=O)n(CC[C@](C)(C(=O)N[OH2+])S(C)(=O)=O)cc(F)c3c2)cc1. The molecule has 1 aromatic heterocycles. The number of fused-ring (bicyclic) bond motifs is 1. The summed E-state index contributed by atoms with van der Waals surface area (Å²) in [4.78, 5) is 27.1. The van der Waals surface area contributed by atoms with Crippen LogP contribution < -0.4 is 11.0 Å². The molecule has 1 amide bonds. The van der Waals surface area contributed by atoms with E-state index >= 15 is 4.39 Å². The van der Waals surface area contributed by atoms with Gasteiger partial charge in [-0.1, -0.05) is 30.3 Å². The number of aromatic nitrogens is 1. The van der Waals surface area contributed by atoms with Crippen LogP contribution >= 0.6 is 0 Å². The van der Waals surface area contributed by atoms with E-state index in [0.717, 1.165) is 40.3 Å². The average molecular weight is 491 g/mol. The van der Waals surface area contributed by atoms with Crippen LogP contribution in [0.15, 0.2) is 53.5 Å². The Balaban J connectivity index is 1.95. The Morgan fingerprint density at radius 1 is 1.12 bits per heavy atom. The number of amides is 1. The first-order valence-corrected chi connectivity index (χ1v) is 12.5. The molecule has 0 fully saturated rings. The molecule has 0 aliphatic heterocycles. The smallest absolute Gasteiger partial charge is 0.304 e. The molecule has 0 spiro atoms. The van der Waals surface area contributed by atoms with Crippen molar-refractivity contribution in [2.75, 3.05) is 20.4 Å². The van der Waals surface area contributed by atoms with Gasteiger partial charge in [-0.3, -0.25) is 9.59 Å². The molecule has 0 radical (unpaired) electrons. The van der Waals surface area contributed by atoms with Gasteiger partial charge in [0.1, 0.15) is 5.82 Å². The van der Waals surface area contributed by atoms with Gasteiger partial charge >= 0.3 is 5.91 Å². The summed E-state index contributed by atoms with van der Waals surface area (Å²) in [5, 5.41) is 7.36. The third kappa shape index (κ3) is 5.03. The quantitative estimate of drug-likeness (QED) is 0.382. The van der Waals surface area contributed by atoms with Crippen molar-refractivity contribution in [1.82, 2.24) is 14.9 Å². The van der Waals surface area contributed by atoms with Gasteiger partial charge in [0, 0.05) is 30.9 Å². The number of nitrogens with one attached hydrogen (secondary N) is 1. The van der Waals surface area contributed by atoms with Crippen molar-refractivity contribution in [3.05, 3.63) is 70.4 Å². The maximum Gasteiger partial charge on any atom is 0.304 e. The molecule has 8 nitrogen and oxygen atoms in total. The van der Waals surface area contributed by atoms with E-state index in [-0.39, 0.29) is 23.7 Å². The fraction of sp³-hybridized carbons (Fsp3) is 0.333. The highest BCUT2D eigenvalue weighted by Gasteiger charge is 2.44. The topological polar surface area (TPSA) is 111 Å². The number of halogens is 1. The summed E-state index contributed by atoms with van der Waals surface area (Å²) < 4.78 is 38.5. The minimum atomic E-state index is -3.90. The van der Waals surface area contributed by atoms with Crippen LogP contribution in [0.5, 0.6) is 0 Å². The molecule has 1 atom stereocenters. The lowest BCUT2D eigenvalue weighted by molar-refractivity contribution is -0.131. The second-order valence-electron chi connectivity index (χ2n) is 8.88. The Kier molecular flexibility index (Phi) is 7.25. The van der Waals surface area contributed by atoms with Crippen molar-refractivity contribution in [3.8, 4) is 11.1 Å². The highest BCUT2D eigenvalue weighted by Crippen LogP contribution is 2.26. The lowest BCUT2D eigenvalue weighted by atomic mass is 10.0. The second-order valence-corrected chi connectivity index (χ2v) is 11.3. The van der Waals surface area contributed by atoms with E-state index < -0.39 is 31.9 Å². The van der Waals surface area contributed by atoms with Gasteiger partial charge in [-0.2, -0.15) is 0 Å². The first-order valence-electron chi connectivity index (χ1n) is 10.6. The third-order valence-electron chi connectivity index (χ3n) is 6.07. The highest BCUT2D eigenvalue weighted by molar-refractivity contribution is 7.92. The third-order valence-corrected chi connectivity index (χ3v) is 8.09. The van der Waals surface area contributed by atoms with E-state index in [9.17, 15) is 18.0 Å². The van der Waals surface area contributed by atoms with Crippen molar-refractivity contribution in [2.45, 2.75) is 31.2 Å². The summed E-state index contributed by atoms with van der Waals surface area (Å²) in [7, 11) is 0.0681. The molecule has 1 heterocycles. The monoisotopic (exact) mass is 490 g/mol. The summed E-state index contributed by atoms with van der Waals surface area (Å²) in [6.07, 6.45) is 1.62. The standard InChI is InChI=1S/C24H28FN3O5S/c1-24(23(30)26-31,34(4,32)33)11-12-28-15-21(25)20-13-18(9-10-19(20)22(28)29)17-7-5-16(6-8-17)14-27(2)3/h5-10,13,15,31H,11-12,14H2,1-4H3,(H,26,30)/p+1/t24-/m1/s1. The Bertz CT molecular complexity index is 1380. The molecule has 0 aliphatic rings. The number of benzene rings is 2. The molecular formula is C24H29FN3O5S+. The normalized spacial score (nSPS) is 13.7. The number of carbonyl (C=O) groups excluding carboxylic acids is 1. The van der Waals surface area contributed by atoms with E-state index in [2.05, 4.69) is 4.90 Å². The van der Waals surface area contributed by atoms with Crippen molar-refractivity contribution < 1.29 is 22.8 Å². The number of rotatable bonds is 8. The molecule has 182 valence electrons. The van der Waals surface area contributed by atoms with Gasteiger partial charge in [0.2, 0.25) is 0 Å². The molecule has 0 saturated heterocycles. The van der Waals surface area contributed by atoms with Gasteiger partial charge in [0.15, 0.2) is 14.6 Å². The molecule has 0 unspecified atom stereocenters. The van der Waals surface area contributed by atoms with Gasteiger partial charge < -0.3 is 14.7 Å². The fourth-order valence-electron chi connectivity index (χ4n) is 3.79. The number of aryl methyl sites for hydroxylation is 1. The zero-order valence-electron chi connectivity index (χ0n) is 19.6. The maximum absolute atomic E-state index is 15.0. The predicted molar refractivity (Wildman–Crippen MR) is 131 cm³/mol. The minimum absolute atomic E-state index is 0.152. The molecule has 0 aliphatic carbocycles. The maximum atomic E-state index is 15.0. The van der Waals surface area contributed by atoms with Crippen LogP contribution in [0.25, 0.3) is 21.9 Å². The van der Waals surface area contributed by atoms with Crippen LogP contribution in [0, 0.1) is 5.82 Å². The Morgan fingerprint density at radius 3 is 2.29 bits per heavy atom. The van der Waals surface area contributed by atoms with E-state index in [1.165, 1.54) is 6.92 Å². The first kappa shape index (κ1) is 25.5. The van der Waals surface area contributed by atoms with Crippen molar-refractivity contribution in [1.29, 1.82) is 0 Å². The molecular weight excluding hydrogens is 461 g/mol. The van der Waals surface area contributed by atoms with Crippen LogP contribution in [0.4, 0.5) is 4.39 Å². The lowest BCUT2D eigenvalue weighted by Gasteiger charge is -2.24. The number of nitrogens with zero attached hydrogens (tertiary/aromatic N) is 2. The summed E-state index contributed by atoms with van der Waals surface area (Å²) in [5.41, 5.74) is 3.90. The molecule has 3 rings (SSSR count). The molecule has 10 heteroatoms. The molecule has 34 heavy (non-hydrogen) atoms. The van der Waals surface area contributed by atoms with Gasteiger partial charge in [-0.05, 0) is 56.3 Å². The number of sulfone groups is 1. The van der Waals surface area contributed by atoms with Gasteiger partial charge in [-0.25, -0.2) is 12.8 Å².